The van der Waals surface area contributed by atoms with Crippen LogP contribution in [0, 0.1) is 62.6 Å². The smallest absolute Gasteiger partial charge is 0.307 e. The number of hydrogen-bond donors (Lipinski definition) is 3. The predicted octanol–water partition coefficient (Wildman–Crippen LogP) is 7.30. The molecule has 1 saturated heterocycles. The molecular weight excluding hydrogens is 654 g/mol. The lowest BCUT2D eigenvalue weighted by atomic mass is 9.34. The number of hydrogen-bond acceptors (Lipinski definition) is 7. The van der Waals surface area contributed by atoms with Gasteiger partial charge in [-0.2, -0.15) is 0 Å². The van der Waals surface area contributed by atoms with Crippen molar-refractivity contribution in [3.63, 3.8) is 0 Å². The first-order valence-electron chi connectivity index (χ1n) is 20.2. The van der Waals surface area contributed by atoms with Crippen molar-refractivity contribution in [2.45, 2.75) is 145 Å². The molecule has 1 aromatic heterocycles. The quantitative estimate of drug-likeness (QED) is 0.214. The highest BCUT2D eigenvalue weighted by Crippen LogP contribution is 2.75. The molecule has 1 aliphatic heterocycles. The summed E-state index contributed by atoms with van der Waals surface area (Å²) in [6.45, 7) is 27.8. The molecule has 0 radical (unpaired) electrons. The lowest BCUT2D eigenvalue weighted by Crippen LogP contribution is -2.69. The fourth-order valence-electron chi connectivity index (χ4n) is 12.6. The Labute approximate surface area is 312 Å². The van der Waals surface area contributed by atoms with Crippen molar-refractivity contribution in [3.8, 4) is 0 Å². The Morgan fingerprint density at radius 3 is 2.38 bits per heavy atom. The van der Waals surface area contributed by atoms with Crippen LogP contribution in [0.25, 0.3) is 0 Å². The number of ether oxygens (including phenoxy) is 2. The molecule has 10 heteroatoms. The number of aliphatic carboxylic acids is 1. The zero-order valence-corrected chi connectivity index (χ0v) is 34.2. The number of fused-ring (bicyclic) bond motifs is 3. The standard InChI is InChI=1S/C42H69N5O5/c1-24(2)27(7)37(8)17-18-39(10)28-13-14-31-38(9)20-51-22-42(31,29(28)15-16-40(39,11)32(37)36(49)50)19-30(33(38)52-21-41(12,43)25(3)4)47-23-44-46-34(47)35(48)45-26(5)6/h15,23-28,30-33H,13-14,16-22,43H2,1-12H3,(H,45,48)(H,49,50)/t27-,28+,30-,31+,32-,33+,37-,38?,39-,40+,41+,42+/m1/s1. The normalized spacial score (nSPS) is 41.8. The van der Waals surface area contributed by atoms with Gasteiger partial charge in [-0.1, -0.05) is 74.0 Å². The largest absolute Gasteiger partial charge is 0.481 e. The number of nitrogens with zero attached hydrogens (tertiary/aromatic N) is 3. The molecule has 10 nitrogen and oxygen atoms in total. The summed E-state index contributed by atoms with van der Waals surface area (Å²) >= 11 is 0. The lowest BCUT2D eigenvalue weighted by Gasteiger charge is -2.71. The number of carbonyl (C=O) groups is 2. The molecule has 3 saturated carbocycles. The van der Waals surface area contributed by atoms with Gasteiger partial charge in [-0.15, -0.1) is 10.2 Å². The number of allylic oxidation sites excluding steroid dienone is 1. The average molecular weight is 724 g/mol. The van der Waals surface area contributed by atoms with Crippen LogP contribution in [-0.4, -0.2) is 69.3 Å². The molecule has 1 unspecified atom stereocenters. The van der Waals surface area contributed by atoms with Crippen LogP contribution in [0.4, 0.5) is 0 Å². The fraction of sp³-hybridized carbons (Fsp3) is 0.857. The maximum absolute atomic E-state index is 13.6. The predicted molar refractivity (Wildman–Crippen MR) is 202 cm³/mol. The van der Waals surface area contributed by atoms with Gasteiger partial charge in [0.25, 0.3) is 5.91 Å². The van der Waals surface area contributed by atoms with Crippen molar-refractivity contribution < 1.29 is 24.2 Å². The fourth-order valence-corrected chi connectivity index (χ4v) is 12.6. The molecule has 0 spiro atoms. The molecule has 2 bridgehead atoms. The van der Waals surface area contributed by atoms with Crippen LogP contribution in [-0.2, 0) is 14.3 Å². The molecule has 292 valence electrons. The summed E-state index contributed by atoms with van der Waals surface area (Å²) < 4.78 is 15.8. The van der Waals surface area contributed by atoms with Crippen LogP contribution in [0.5, 0.6) is 0 Å². The second kappa shape index (κ2) is 13.2. The summed E-state index contributed by atoms with van der Waals surface area (Å²) in [6, 6.07) is -0.282. The number of nitrogens with one attached hydrogen (secondary N) is 1. The Morgan fingerprint density at radius 1 is 1.08 bits per heavy atom. The van der Waals surface area contributed by atoms with E-state index in [2.05, 4.69) is 90.8 Å². The van der Waals surface area contributed by atoms with E-state index >= 15 is 0 Å². The van der Waals surface area contributed by atoms with E-state index in [-0.39, 0.29) is 63.5 Å². The highest BCUT2D eigenvalue weighted by Gasteiger charge is 2.72. The topological polar surface area (TPSA) is 142 Å². The van der Waals surface area contributed by atoms with Gasteiger partial charge in [-0.05, 0) is 105 Å². The van der Waals surface area contributed by atoms with E-state index in [1.165, 1.54) is 5.57 Å². The monoisotopic (exact) mass is 724 g/mol. The van der Waals surface area contributed by atoms with E-state index in [0.29, 0.717) is 37.5 Å². The van der Waals surface area contributed by atoms with Crippen molar-refractivity contribution in [3.05, 3.63) is 23.8 Å². The van der Waals surface area contributed by atoms with Crippen molar-refractivity contribution in [2.75, 3.05) is 19.8 Å². The highest BCUT2D eigenvalue weighted by molar-refractivity contribution is 5.90. The van der Waals surface area contributed by atoms with Crippen molar-refractivity contribution in [2.24, 2.45) is 68.3 Å². The third-order valence-corrected chi connectivity index (χ3v) is 16.5. The molecule has 4 aliphatic carbocycles. The number of carboxylic acids is 1. The Morgan fingerprint density at radius 2 is 1.77 bits per heavy atom. The van der Waals surface area contributed by atoms with E-state index in [1.807, 2.05) is 18.4 Å². The Bertz CT molecular complexity index is 1570. The first-order valence-corrected chi connectivity index (χ1v) is 20.2. The van der Waals surface area contributed by atoms with Crippen LogP contribution in [0.1, 0.15) is 138 Å². The van der Waals surface area contributed by atoms with Gasteiger partial charge in [-0.25, -0.2) is 0 Å². The SMILES string of the molecule is CC(C)NC(=O)c1nncn1[C@@H]1C[C@@]23COCC(C)([C@H]1OC[C@](C)(N)C(C)C)[C@@H]2CC[C@H]1C3=CC[C@@]2(C)[C@H](C(=O)O)[C@@](C)([C@H](C)C(C)C)CC[C@]12C. The molecule has 12 atom stereocenters. The first-order chi connectivity index (χ1) is 24.1. The maximum Gasteiger partial charge on any atom is 0.307 e. The molecule has 4 fully saturated rings. The number of rotatable bonds is 10. The Hall–Kier alpha value is -2.30. The van der Waals surface area contributed by atoms with Gasteiger partial charge in [0, 0.05) is 22.4 Å². The number of aromatic nitrogens is 3. The summed E-state index contributed by atoms with van der Waals surface area (Å²) in [6.07, 6.45) is 9.30. The van der Waals surface area contributed by atoms with E-state index in [9.17, 15) is 14.7 Å². The van der Waals surface area contributed by atoms with Crippen LogP contribution in [0.3, 0.4) is 0 Å². The number of nitrogens with two attached hydrogens (primary N) is 1. The highest BCUT2D eigenvalue weighted by atomic mass is 16.5. The van der Waals surface area contributed by atoms with E-state index in [1.54, 1.807) is 6.33 Å². The summed E-state index contributed by atoms with van der Waals surface area (Å²) in [5, 5.41) is 22.8. The molecule has 4 N–H and O–H groups in total. The minimum absolute atomic E-state index is 0.0506. The van der Waals surface area contributed by atoms with Crippen LogP contribution >= 0.6 is 0 Å². The zero-order chi connectivity index (χ0) is 38.4. The van der Waals surface area contributed by atoms with Gasteiger partial charge in [0.15, 0.2) is 0 Å². The molecule has 0 aromatic carbocycles. The van der Waals surface area contributed by atoms with Gasteiger partial charge in [0.1, 0.15) is 6.33 Å². The first kappa shape index (κ1) is 39.4. The van der Waals surface area contributed by atoms with E-state index < -0.39 is 22.8 Å². The second-order valence-electron chi connectivity index (χ2n) is 20.2. The van der Waals surface area contributed by atoms with Crippen LogP contribution in [0.2, 0.25) is 0 Å². The van der Waals surface area contributed by atoms with Gasteiger partial charge in [0.05, 0.1) is 37.9 Å². The van der Waals surface area contributed by atoms with Gasteiger partial charge in [0.2, 0.25) is 5.82 Å². The van der Waals surface area contributed by atoms with Crippen molar-refractivity contribution in [1.82, 2.24) is 20.1 Å². The molecule has 5 aliphatic rings. The molecule has 1 amide bonds. The van der Waals surface area contributed by atoms with Crippen LogP contribution in [0.15, 0.2) is 18.0 Å². The van der Waals surface area contributed by atoms with E-state index in [4.69, 9.17) is 15.2 Å². The number of carbonyl (C=O) groups excluding carboxylic acids is 1. The molecule has 2 heterocycles. The third kappa shape index (κ3) is 5.65. The third-order valence-electron chi connectivity index (χ3n) is 16.5. The number of amides is 1. The minimum atomic E-state index is -0.647. The summed E-state index contributed by atoms with van der Waals surface area (Å²) in [5.41, 5.74) is 6.19. The van der Waals surface area contributed by atoms with Crippen molar-refractivity contribution in [1.29, 1.82) is 0 Å². The summed E-state index contributed by atoms with van der Waals surface area (Å²) in [5.74, 6) is 0.390. The Kier molecular flexibility index (Phi) is 9.98. The van der Waals surface area contributed by atoms with Gasteiger partial charge >= 0.3 is 5.97 Å². The van der Waals surface area contributed by atoms with E-state index in [0.717, 1.165) is 38.5 Å². The molecule has 52 heavy (non-hydrogen) atoms. The molecule has 1 aromatic rings. The van der Waals surface area contributed by atoms with Crippen LogP contribution < -0.4 is 11.1 Å². The number of carboxylic acid groups (broad SMARTS) is 1. The summed E-state index contributed by atoms with van der Waals surface area (Å²) in [7, 11) is 0. The Balaban J connectivity index is 1.47. The van der Waals surface area contributed by atoms with Crippen molar-refractivity contribution >= 4 is 11.9 Å². The average Bonchev–Trinajstić information content (AvgIpc) is 3.54. The minimum Gasteiger partial charge on any atom is -0.481 e. The van der Waals surface area contributed by atoms with Gasteiger partial charge < -0.3 is 30.2 Å². The second-order valence-corrected chi connectivity index (χ2v) is 20.2. The lowest BCUT2D eigenvalue weighted by molar-refractivity contribution is -0.251. The molecule has 6 rings (SSSR count). The maximum atomic E-state index is 13.6. The van der Waals surface area contributed by atoms with Gasteiger partial charge in [-0.3, -0.25) is 9.59 Å². The molecular formula is C42H69N5O5. The summed E-state index contributed by atoms with van der Waals surface area (Å²) in [4.78, 5) is 27.1. The zero-order valence-electron chi connectivity index (χ0n) is 34.2.